The highest BCUT2D eigenvalue weighted by Crippen LogP contribution is 2.30. The fraction of sp³-hybridized carbons (Fsp3) is 0.200. The number of fused-ring (bicyclic) bond motifs is 1. The molecule has 0 radical (unpaired) electrons. The molecule has 1 aromatic heterocycles. The summed E-state index contributed by atoms with van der Waals surface area (Å²) in [6, 6.07) is 12.4. The molecule has 0 saturated carbocycles. The second-order valence-corrected chi connectivity index (χ2v) is 6.31. The number of benzene rings is 2. The number of amides is 1. The molecule has 0 spiro atoms. The van der Waals surface area contributed by atoms with Gasteiger partial charge in [-0.3, -0.25) is 4.79 Å². The van der Waals surface area contributed by atoms with Crippen molar-refractivity contribution in [1.29, 1.82) is 0 Å². The van der Waals surface area contributed by atoms with Gasteiger partial charge in [0.25, 0.3) is 5.91 Å². The lowest BCUT2D eigenvalue weighted by atomic mass is 10.1. The van der Waals surface area contributed by atoms with Gasteiger partial charge in [0.1, 0.15) is 12.4 Å². The SMILES string of the molecule is O=C(N[C@@H]1CCc2ccccc21)c1cc(COc2ccc(F)cc2F)on1. The van der Waals surface area contributed by atoms with E-state index in [1.807, 2.05) is 18.2 Å². The van der Waals surface area contributed by atoms with Crippen molar-refractivity contribution in [3.8, 4) is 5.75 Å². The molecule has 4 rings (SSSR count). The van der Waals surface area contributed by atoms with Crippen molar-refractivity contribution in [2.75, 3.05) is 0 Å². The fourth-order valence-corrected chi connectivity index (χ4v) is 3.17. The molecule has 1 atom stereocenters. The molecule has 0 bridgehead atoms. The number of aromatic nitrogens is 1. The van der Waals surface area contributed by atoms with Crippen molar-refractivity contribution < 1.29 is 22.8 Å². The first-order valence-electron chi connectivity index (χ1n) is 8.52. The Bertz CT molecular complexity index is 987. The predicted octanol–water partition coefficient (Wildman–Crippen LogP) is 3.95. The second kappa shape index (κ2) is 7.19. The molecule has 1 heterocycles. The maximum atomic E-state index is 13.6. The Morgan fingerprint density at radius 1 is 1.22 bits per heavy atom. The van der Waals surface area contributed by atoms with E-state index in [9.17, 15) is 13.6 Å². The van der Waals surface area contributed by atoms with Crippen LogP contribution in [0.5, 0.6) is 5.75 Å². The summed E-state index contributed by atoms with van der Waals surface area (Å²) in [5.41, 5.74) is 2.47. The molecule has 0 saturated heterocycles. The lowest BCUT2D eigenvalue weighted by molar-refractivity contribution is 0.0927. The first-order chi connectivity index (χ1) is 13.1. The number of carbonyl (C=O) groups is 1. The minimum Gasteiger partial charge on any atom is -0.482 e. The van der Waals surface area contributed by atoms with Crippen LogP contribution in [-0.2, 0) is 13.0 Å². The molecule has 138 valence electrons. The van der Waals surface area contributed by atoms with Gasteiger partial charge in [0, 0.05) is 12.1 Å². The zero-order valence-electron chi connectivity index (χ0n) is 14.2. The van der Waals surface area contributed by atoms with Crippen LogP contribution in [-0.4, -0.2) is 11.1 Å². The maximum Gasteiger partial charge on any atom is 0.273 e. The van der Waals surface area contributed by atoms with E-state index in [2.05, 4.69) is 16.5 Å². The van der Waals surface area contributed by atoms with E-state index in [4.69, 9.17) is 9.26 Å². The number of rotatable bonds is 5. The largest absolute Gasteiger partial charge is 0.482 e. The Morgan fingerprint density at radius 3 is 2.93 bits per heavy atom. The Hall–Kier alpha value is -3.22. The summed E-state index contributed by atoms with van der Waals surface area (Å²) >= 11 is 0. The number of nitrogens with zero attached hydrogens (tertiary/aromatic N) is 1. The van der Waals surface area contributed by atoms with Crippen LogP contribution in [0.1, 0.15) is 39.8 Å². The molecule has 0 unspecified atom stereocenters. The second-order valence-electron chi connectivity index (χ2n) is 6.31. The fourth-order valence-electron chi connectivity index (χ4n) is 3.17. The topological polar surface area (TPSA) is 64.4 Å². The van der Waals surface area contributed by atoms with Gasteiger partial charge in [-0.15, -0.1) is 0 Å². The van der Waals surface area contributed by atoms with Crippen LogP contribution in [0.2, 0.25) is 0 Å². The van der Waals surface area contributed by atoms with Crippen LogP contribution in [0.25, 0.3) is 0 Å². The Morgan fingerprint density at radius 2 is 2.07 bits per heavy atom. The van der Waals surface area contributed by atoms with Crippen LogP contribution in [0, 0.1) is 11.6 Å². The highest BCUT2D eigenvalue weighted by atomic mass is 19.1. The number of halogens is 2. The zero-order valence-corrected chi connectivity index (χ0v) is 14.2. The van der Waals surface area contributed by atoms with Crippen LogP contribution in [0.15, 0.2) is 53.1 Å². The van der Waals surface area contributed by atoms with Gasteiger partial charge in [-0.05, 0) is 36.1 Å². The molecule has 27 heavy (non-hydrogen) atoms. The van der Waals surface area contributed by atoms with Gasteiger partial charge >= 0.3 is 0 Å². The van der Waals surface area contributed by atoms with Crippen molar-refractivity contribution in [3.63, 3.8) is 0 Å². The molecule has 0 aliphatic heterocycles. The third kappa shape index (κ3) is 3.67. The highest BCUT2D eigenvalue weighted by Gasteiger charge is 2.25. The number of nitrogens with one attached hydrogen (secondary N) is 1. The predicted molar refractivity (Wildman–Crippen MR) is 92.2 cm³/mol. The zero-order chi connectivity index (χ0) is 18.8. The van der Waals surface area contributed by atoms with Crippen LogP contribution < -0.4 is 10.1 Å². The van der Waals surface area contributed by atoms with Crippen molar-refractivity contribution in [3.05, 3.63) is 82.7 Å². The van der Waals surface area contributed by atoms with Gasteiger partial charge < -0.3 is 14.6 Å². The summed E-state index contributed by atoms with van der Waals surface area (Å²) in [4.78, 5) is 12.4. The first-order valence-corrected chi connectivity index (χ1v) is 8.52. The summed E-state index contributed by atoms with van der Waals surface area (Å²) < 4.78 is 36.8. The number of hydrogen-bond acceptors (Lipinski definition) is 4. The van der Waals surface area contributed by atoms with Gasteiger partial charge in [0.05, 0.1) is 6.04 Å². The van der Waals surface area contributed by atoms with Crippen LogP contribution >= 0.6 is 0 Å². The average Bonchev–Trinajstić information content (AvgIpc) is 3.29. The summed E-state index contributed by atoms with van der Waals surface area (Å²) in [7, 11) is 0. The summed E-state index contributed by atoms with van der Waals surface area (Å²) in [5, 5.41) is 6.69. The van der Waals surface area contributed by atoms with Gasteiger partial charge in [-0.1, -0.05) is 29.4 Å². The Balaban J connectivity index is 1.38. The van der Waals surface area contributed by atoms with E-state index in [-0.39, 0.29) is 35.8 Å². The van der Waals surface area contributed by atoms with Gasteiger partial charge in [-0.2, -0.15) is 0 Å². The van der Waals surface area contributed by atoms with Crippen molar-refractivity contribution in [2.45, 2.75) is 25.5 Å². The molecule has 1 amide bonds. The molecule has 1 N–H and O–H groups in total. The first kappa shape index (κ1) is 17.2. The van der Waals surface area contributed by atoms with Crippen LogP contribution in [0.4, 0.5) is 8.78 Å². The molecule has 3 aromatic rings. The summed E-state index contributed by atoms with van der Waals surface area (Å²) in [6.07, 6.45) is 1.75. The molecular formula is C20H16F2N2O3. The van der Waals surface area contributed by atoms with E-state index >= 15 is 0 Å². The quantitative estimate of drug-likeness (QED) is 0.739. The van der Waals surface area contributed by atoms with Crippen LogP contribution in [0.3, 0.4) is 0 Å². The average molecular weight is 370 g/mol. The van der Waals surface area contributed by atoms with E-state index in [0.29, 0.717) is 0 Å². The van der Waals surface area contributed by atoms with Gasteiger partial charge in [0.2, 0.25) is 0 Å². The molecule has 5 nitrogen and oxygen atoms in total. The molecule has 1 aliphatic rings. The molecular weight excluding hydrogens is 354 g/mol. The Kier molecular flexibility index (Phi) is 4.58. The third-order valence-electron chi connectivity index (χ3n) is 4.49. The minimum absolute atomic E-state index is 0.0570. The molecule has 7 heteroatoms. The number of aryl methyl sites for hydroxylation is 1. The third-order valence-corrected chi connectivity index (χ3v) is 4.49. The monoisotopic (exact) mass is 370 g/mol. The smallest absolute Gasteiger partial charge is 0.273 e. The van der Waals surface area contributed by atoms with E-state index in [1.165, 1.54) is 17.7 Å². The summed E-state index contributed by atoms with van der Waals surface area (Å²) in [5.74, 6) is -1.70. The minimum atomic E-state index is -0.813. The van der Waals surface area contributed by atoms with Crippen molar-refractivity contribution >= 4 is 5.91 Å². The van der Waals surface area contributed by atoms with Gasteiger partial charge in [0.15, 0.2) is 23.0 Å². The molecule has 2 aromatic carbocycles. The maximum absolute atomic E-state index is 13.6. The lowest BCUT2D eigenvalue weighted by Gasteiger charge is -2.12. The van der Waals surface area contributed by atoms with Crippen molar-refractivity contribution in [2.24, 2.45) is 0 Å². The number of hydrogen-bond donors (Lipinski definition) is 1. The van der Waals surface area contributed by atoms with E-state index in [1.54, 1.807) is 0 Å². The number of ether oxygens (including phenoxy) is 1. The normalized spacial score (nSPS) is 15.4. The number of carbonyl (C=O) groups excluding carboxylic acids is 1. The van der Waals surface area contributed by atoms with E-state index < -0.39 is 11.6 Å². The summed E-state index contributed by atoms with van der Waals surface area (Å²) in [6.45, 7) is -0.130. The van der Waals surface area contributed by atoms with E-state index in [0.717, 1.165) is 30.5 Å². The highest BCUT2D eigenvalue weighted by molar-refractivity contribution is 5.92. The standard InChI is InChI=1S/C20H16F2N2O3/c21-13-6-8-19(16(22)9-13)26-11-14-10-18(24-27-14)20(25)23-17-7-5-12-3-1-2-4-15(12)17/h1-4,6,8-10,17H,5,7,11H2,(H,23,25)/t17-/m1/s1. The lowest BCUT2D eigenvalue weighted by Crippen LogP contribution is -2.27. The molecule has 0 fully saturated rings. The van der Waals surface area contributed by atoms with Crippen molar-refractivity contribution in [1.82, 2.24) is 10.5 Å². The van der Waals surface area contributed by atoms with Gasteiger partial charge in [-0.25, -0.2) is 8.78 Å². The Labute approximate surface area is 153 Å². The molecule has 1 aliphatic carbocycles.